The number of hydrogen-bond acceptors (Lipinski definition) is 4. The van der Waals surface area contributed by atoms with Crippen LogP contribution in [0.4, 0.5) is 5.82 Å². The van der Waals surface area contributed by atoms with E-state index < -0.39 is 6.10 Å². The van der Waals surface area contributed by atoms with Gasteiger partial charge < -0.3 is 15.7 Å². The van der Waals surface area contributed by atoms with E-state index in [9.17, 15) is 9.90 Å². The number of carbonyl (C=O) groups excluding carboxylic acids is 1. The number of rotatable bonds is 5. The van der Waals surface area contributed by atoms with E-state index >= 15 is 0 Å². The van der Waals surface area contributed by atoms with Crippen molar-refractivity contribution in [3.05, 3.63) is 23.9 Å². The Hall–Kier alpha value is -1.62. The summed E-state index contributed by atoms with van der Waals surface area (Å²) in [6.07, 6.45) is 5.61. The summed E-state index contributed by atoms with van der Waals surface area (Å²) in [6.45, 7) is 1.90. The molecule has 0 radical (unpaired) electrons. The molecule has 5 nitrogen and oxygen atoms in total. The van der Waals surface area contributed by atoms with Crippen LogP contribution in [0, 0.1) is 0 Å². The summed E-state index contributed by atoms with van der Waals surface area (Å²) in [5.41, 5.74) is 6.14. The van der Waals surface area contributed by atoms with Gasteiger partial charge in [-0.1, -0.05) is 12.8 Å². The predicted molar refractivity (Wildman–Crippen MR) is 73.7 cm³/mol. The molecule has 2 rings (SSSR count). The Balaban J connectivity index is 2.25. The highest BCUT2D eigenvalue weighted by Gasteiger charge is 2.25. The predicted octanol–water partition coefficient (Wildman–Crippen LogP) is 1.37. The summed E-state index contributed by atoms with van der Waals surface area (Å²) in [7, 11) is 0. The molecule has 1 saturated carbocycles. The van der Waals surface area contributed by atoms with Gasteiger partial charge in [0.05, 0.1) is 12.6 Å². The standard InChI is InChI=1S/C14H21N3O2/c1-10(18)11-6-7-16-14(8-11)17(9-13(15)19)12-4-2-3-5-12/h6-8,10,12,18H,2-5,9H2,1H3,(H2,15,19)/t10-/m0/s1. The van der Waals surface area contributed by atoms with Crippen molar-refractivity contribution in [2.24, 2.45) is 5.73 Å². The lowest BCUT2D eigenvalue weighted by atomic mass is 10.1. The van der Waals surface area contributed by atoms with Gasteiger partial charge in [-0.15, -0.1) is 0 Å². The lowest BCUT2D eigenvalue weighted by Crippen LogP contribution is -2.40. The second-order valence-electron chi connectivity index (χ2n) is 5.16. The molecule has 1 heterocycles. The highest BCUT2D eigenvalue weighted by Crippen LogP contribution is 2.28. The Morgan fingerprint density at radius 1 is 1.58 bits per heavy atom. The minimum Gasteiger partial charge on any atom is -0.389 e. The first-order valence-electron chi connectivity index (χ1n) is 6.77. The number of anilines is 1. The van der Waals surface area contributed by atoms with Gasteiger partial charge in [0, 0.05) is 12.2 Å². The minimum absolute atomic E-state index is 0.181. The molecule has 3 N–H and O–H groups in total. The van der Waals surface area contributed by atoms with Gasteiger partial charge in [-0.05, 0) is 37.5 Å². The second kappa shape index (κ2) is 6.02. The fraction of sp³-hybridized carbons (Fsp3) is 0.571. The normalized spacial score (nSPS) is 17.4. The molecule has 0 spiro atoms. The first-order chi connectivity index (χ1) is 9.08. The Morgan fingerprint density at radius 3 is 2.84 bits per heavy atom. The monoisotopic (exact) mass is 263 g/mol. The van der Waals surface area contributed by atoms with Crippen molar-refractivity contribution in [2.75, 3.05) is 11.4 Å². The molecule has 104 valence electrons. The number of aromatic nitrogens is 1. The van der Waals surface area contributed by atoms with E-state index in [4.69, 9.17) is 5.73 Å². The number of aliphatic hydroxyl groups excluding tert-OH is 1. The van der Waals surface area contributed by atoms with Crippen LogP contribution < -0.4 is 10.6 Å². The van der Waals surface area contributed by atoms with E-state index in [1.54, 1.807) is 19.2 Å². The summed E-state index contributed by atoms with van der Waals surface area (Å²) >= 11 is 0. The number of hydrogen-bond donors (Lipinski definition) is 2. The lowest BCUT2D eigenvalue weighted by molar-refractivity contribution is -0.116. The average Bonchev–Trinajstić information content (AvgIpc) is 2.89. The summed E-state index contributed by atoms with van der Waals surface area (Å²) < 4.78 is 0. The van der Waals surface area contributed by atoms with Crippen molar-refractivity contribution in [3.8, 4) is 0 Å². The summed E-state index contributed by atoms with van der Waals surface area (Å²) in [4.78, 5) is 17.6. The van der Waals surface area contributed by atoms with E-state index in [2.05, 4.69) is 4.98 Å². The zero-order chi connectivity index (χ0) is 13.8. The van der Waals surface area contributed by atoms with E-state index in [0.717, 1.165) is 24.2 Å². The van der Waals surface area contributed by atoms with E-state index in [1.807, 2.05) is 11.0 Å². The molecule has 1 atom stereocenters. The summed E-state index contributed by atoms with van der Waals surface area (Å²) in [5.74, 6) is 0.375. The van der Waals surface area contributed by atoms with Gasteiger partial charge in [0.2, 0.25) is 5.91 Å². The maximum atomic E-state index is 11.3. The van der Waals surface area contributed by atoms with Crippen molar-refractivity contribution in [3.63, 3.8) is 0 Å². The van der Waals surface area contributed by atoms with Gasteiger partial charge in [0.1, 0.15) is 5.82 Å². The molecule has 1 aromatic rings. The molecular formula is C14H21N3O2. The first kappa shape index (κ1) is 13.8. The van der Waals surface area contributed by atoms with Gasteiger partial charge >= 0.3 is 0 Å². The van der Waals surface area contributed by atoms with Crippen LogP contribution >= 0.6 is 0 Å². The molecule has 1 aromatic heterocycles. The van der Waals surface area contributed by atoms with Gasteiger partial charge in [0.25, 0.3) is 0 Å². The highest BCUT2D eigenvalue weighted by atomic mass is 16.3. The number of nitrogens with two attached hydrogens (primary N) is 1. The lowest BCUT2D eigenvalue weighted by Gasteiger charge is -2.29. The third kappa shape index (κ3) is 3.44. The number of pyridine rings is 1. The van der Waals surface area contributed by atoms with Crippen molar-refractivity contribution in [1.82, 2.24) is 4.98 Å². The Bertz CT molecular complexity index is 442. The zero-order valence-electron chi connectivity index (χ0n) is 11.2. The molecule has 19 heavy (non-hydrogen) atoms. The SMILES string of the molecule is C[C@H](O)c1ccnc(N(CC(N)=O)C2CCCC2)c1. The molecule has 0 unspecified atom stereocenters. The van der Waals surface area contributed by atoms with Crippen LogP contribution in [-0.2, 0) is 4.79 Å². The van der Waals surface area contributed by atoms with E-state index in [-0.39, 0.29) is 12.5 Å². The maximum Gasteiger partial charge on any atom is 0.237 e. The molecule has 1 aliphatic rings. The van der Waals surface area contributed by atoms with Crippen LogP contribution in [0.2, 0.25) is 0 Å². The van der Waals surface area contributed by atoms with Crippen LogP contribution in [0.15, 0.2) is 18.3 Å². The summed E-state index contributed by atoms with van der Waals surface area (Å²) in [6, 6.07) is 3.95. The van der Waals surface area contributed by atoms with Gasteiger partial charge in [-0.3, -0.25) is 4.79 Å². The van der Waals surface area contributed by atoms with Crippen LogP contribution in [0.25, 0.3) is 0 Å². The quantitative estimate of drug-likeness (QED) is 0.841. The van der Waals surface area contributed by atoms with Crippen molar-refractivity contribution in [1.29, 1.82) is 0 Å². The molecule has 1 fully saturated rings. The number of carbonyl (C=O) groups is 1. The topological polar surface area (TPSA) is 79.5 Å². The molecular weight excluding hydrogens is 242 g/mol. The van der Waals surface area contributed by atoms with Crippen molar-refractivity contribution in [2.45, 2.75) is 44.8 Å². The van der Waals surface area contributed by atoms with Crippen LogP contribution in [0.3, 0.4) is 0 Å². The van der Waals surface area contributed by atoms with Crippen molar-refractivity contribution < 1.29 is 9.90 Å². The second-order valence-corrected chi connectivity index (χ2v) is 5.16. The summed E-state index contributed by atoms with van der Waals surface area (Å²) in [5, 5.41) is 9.64. The third-order valence-electron chi connectivity index (χ3n) is 3.64. The Morgan fingerprint density at radius 2 is 2.26 bits per heavy atom. The Labute approximate surface area is 113 Å². The molecule has 0 saturated heterocycles. The molecule has 1 aliphatic carbocycles. The largest absolute Gasteiger partial charge is 0.389 e. The average molecular weight is 263 g/mol. The maximum absolute atomic E-state index is 11.3. The third-order valence-corrected chi connectivity index (χ3v) is 3.64. The van der Waals surface area contributed by atoms with Gasteiger partial charge in [-0.2, -0.15) is 0 Å². The number of nitrogens with zero attached hydrogens (tertiary/aromatic N) is 2. The van der Waals surface area contributed by atoms with Crippen LogP contribution in [0.5, 0.6) is 0 Å². The zero-order valence-corrected chi connectivity index (χ0v) is 11.2. The molecule has 0 bridgehead atoms. The van der Waals surface area contributed by atoms with Gasteiger partial charge in [0.15, 0.2) is 0 Å². The van der Waals surface area contributed by atoms with Gasteiger partial charge in [-0.25, -0.2) is 4.98 Å². The van der Waals surface area contributed by atoms with Crippen molar-refractivity contribution >= 4 is 11.7 Å². The molecule has 0 aliphatic heterocycles. The van der Waals surface area contributed by atoms with E-state index in [0.29, 0.717) is 6.04 Å². The number of primary amides is 1. The number of amides is 1. The number of aliphatic hydroxyl groups is 1. The molecule has 0 aromatic carbocycles. The fourth-order valence-electron chi connectivity index (χ4n) is 2.63. The molecule has 5 heteroatoms. The highest BCUT2D eigenvalue weighted by molar-refractivity contribution is 5.79. The molecule has 1 amide bonds. The van der Waals surface area contributed by atoms with E-state index in [1.165, 1.54) is 12.8 Å². The van der Waals surface area contributed by atoms with Crippen LogP contribution in [0.1, 0.15) is 44.3 Å². The Kier molecular flexibility index (Phi) is 4.37. The smallest absolute Gasteiger partial charge is 0.237 e. The minimum atomic E-state index is -0.541. The van der Waals surface area contributed by atoms with Crippen LogP contribution in [-0.4, -0.2) is 28.6 Å². The first-order valence-corrected chi connectivity index (χ1v) is 6.77. The fourth-order valence-corrected chi connectivity index (χ4v) is 2.63.